The van der Waals surface area contributed by atoms with Crippen LogP contribution in [0.5, 0.6) is 11.5 Å². The lowest BCUT2D eigenvalue weighted by Gasteiger charge is -2.19. The molecule has 0 spiro atoms. The molecule has 2 aromatic rings. The van der Waals surface area contributed by atoms with Crippen LogP contribution in [0.15, 0.2) is 36.4 Å². The van der Waals surface area contributed by atoms with Gasteiger partial charge in [-0.2, -0.15) is 0 Å². The fraction of sp³-hybridized carbons (Fsp3) is 0.188. The summed E-state index contributed by atoms with van der Waals surface area (Å²) in [6.45, 7) is 2.93. The van der Waals surface area contributed by atoms with Crippen LogP contribution in [0.2, 0.25) is 0 Å². The summed E-state index contributed by atoms with van der Waals surface area (Å²) in [6, 6.07) is 10.5. The zero-order valence-electron chi connectivity index (χ0n) is 11.7. The lowest BCUT2D eigenvalue weighted by molar-refractivity contribution is 0.102. The summed E-state index contributed by atoms with van der Waals surface area (Å²) >= 11 is 0. The van der Waals surface area contributed by atoms with Crippen LogP contribution in [0.3, 0.4) is 0 Å². The SMILES string of the molecule is Cc1cc(C(=O)Nc2ccc3c(c2)OCCO3)ccc1N. The van der Waals surface area contributed by atoms with Crippen molar-refractivity contribution in [1.82, 2.24) is 0 Å². The smallest absolute Gasteiger partial charge is 0.255 e. The Hall–Kier alpha value is -2.69. The molecule has 1 aliphatic rings. The molecule has 0 radical (unpaired) electrons. The number of ether oxygens (including phenoxy) is 2. The number of fused-ring (bicyclic) bond motifs is 1. The lowest BCUT2D eigenvalue weighted by atomic mass is 10.1. The van der Waals surface area contributed by atoms with Crippen LogP contribution < -0.4 is 20.5 Å². The van der Waals surface area contributed by atoms with Crippen molar-refractivity contribution in [1.29, 1.82) is 0 Å². The molecule has 0 unspecified atom stereocenters. The van der Waals surface area contributed by atoms with Crippen LogP contribution in [0.4, 0.5) is 11.4 Å². The third-order valence-electron chi connectivity index (χ3n) is 3.33. The molecule has 0 aliphatic carbocycles. The van der Waals surface area contributed by atoms with E-state index in [0.29, 0.717) is 41.7 Å². The number of carbonyl (C=O) groups is 1. The maximum Gasteiger partial charge on any atom is 0.255 e. The molecule has 1 amide bonds. The molecule has 5 nitrogen and oxygen atoms in total. The molecular weight excluding hydrogens is 268 g/mol. The second-order valence-corrected chi connectivity index (χ2v) is 4.88. The molecular formula is C16H16N2O3. The highest BCUT2D eigenvalue weighted by atomic mass is 16.6. The number of amides is 1. The number of nitrogens with one attached hydrogen (secondary N) is 1. The molecule has 0 aromatic heterocycles. The Morgan fingerprint density at radius 2 is 1.86 bits per heavy atom. The zero-order chi connectivity index (χ0) is 14.8. The molecule has 21 heavy (non-hydrogen) atoms. The van der Waals surface area contributed by atoms with E-state index in [2.05, 4.69) is 5.32 Å². The molecule has 0 atom stereocenters. The van der Waals surface area contributed by atoms with E-state index in [-0.39, 0.29) is 5.91 Å². The molecule has 0 saturated carbocycles. The normalized spacial score (nSPS) is 12.8. The third kappa shape index (κ3) is 2.76. The maximum absolute atomic E-state index is 12.2. The summed E-state index contributed by atoms with van der Waals surface area (Å²) in [5.41, 5.74) is 8.54. The van der Waals surface area contributed by atoms with Gasteiger partial charge in [-0.3, -0.25) is 4.79 Å². The van der Waals surface area contributed by atoms with E-state index in [4.69, 9.17) is 15.2 Å². The van der Waals surface area contributed by atoms with Crippen molar-refractivity contribution in [3.63, 3.8) is 0 Å². The minimum atomic E-state index is -0.185. The van der Waals surface area contributed by atoms with Gasteiger partial charge >= 0.3 is 0 Å². The topological polar surface area (TPSA) is 73.6 Å². The highest BCUT2D eigenvalue weighted by Crippen LogP contribution is 2.32. The van der Waals surface area contributed by atoms with E-state index in [1.807, 2.05) is 6.92 Å². The van der Waals surface area contributed by atoms with Crippen molar-refractivity contribution >= 4 is 17.3 Å². The van der Waals surface area contributed by atoms with Crippen LogP contribution in [0, 0.1) is 6.92 Å². The Morgan fingerprint density at radius 1 is 1.10 bits per heavy atom. The van der Waals surface area contributed by atoms with Crippen molar-refractivity contribution in [3.8, 4) is 11.5 Å². The van der Waals surface area contributed by atoms with Gasteiger partial charge < -0.3 is 20.5 Å². The first kappa shape index (κ1) is 13.3. The van der Waals surface area contributed by atoms with E-state index in [9.17, 15) is 4.79 Å². The summed E-state index contributed by atoms with van der Waals surface area (Å²) in [6.07, 6.45) is 0. The van der Waals surface area contributed by atoms with Crippen LogP contribution in [-0.2, 0) is 0 Å². The van der Waals surface area contributed by atoms with E-state index >= 15 is 0 Å². The van der Waals surface area contributed by atoms with Gasteiger partial charge in [0, 0.05) is 23.0 Å². The number of benzene rings is 2. The van der Waals surface area contributed by atoms with E-state index in [0.717, 1.165) is 5.56 Å². The number of hydrogen-bond donors (Lipinski definition) is 2. The van der Waals surface area contributed by atoms with Gasteiger partial charge in [-0.15, -0.1) is 0 Å². The van der Waals surface area contributed by atoms with E-state index in [1.54, 1.807) is 36.4 Å². The van der Waals surface area contributed by atoms with Gasteiger partial charge in [-0.25, -0.2) is 0 Å². The van der Waals surface area contributed by atoms with Crippen LogP contribution in [0.1, 0.15) is 15.9 Å². The van der Waals surface area contributed by atoms with Gasteiger partial charge in [-0.1, -0.05) is 0 Å². The maximum atomic E-state index is 12.2. The van der Waals surface area contributed by atoms with Crippen LogP contribution >= 0.6 is 0 Å². The molecule has 108 valence electrons. The first-order valence-corrected chi connectivity index (χ1v) is 6.70. The number of hydrogen-bond acceptors (Lipinski definition) is 4. The summed E-state index contributed by atoms with van der Waals surface area (Å²) < 4.78 is 10.9. The van der Waals surface area contributed by atoms with Crippen LogP contribution in [0.25, 0.3) is 0 Å². The molecule has 0 bridgehead atoms. The summed E-state index contributed by atoms with van der Waals surface area (Å²) in [4.78, 5) is 12.2. The first-order chi connectivity index (χ1) is 10.1. The molecule has 2 aromatic carbocycles. The third-order valence-corrected chi connectivity index (χ3v) is 3.33. The highest BCUT2D eigenvalue weighted by molar-refractivity contribution is 6.04. The van der Waals surface area contributed by atoms with Crippen molar-refractivity contribution in [3.05, 3.63) is 47.5 Å². The number of carbonyl (C=O) groups excluding carboxylic acids is 1. The zero-order valence-corrected chi connectivity index (χ0v) is 11.7. The second-order valence-electron chi connectivity index (χ2n) is 4.88. The number of anilines is 2. The van der Waals surface area contributed by atoms with Gasteiger partial charge in [0.15, 0.2) is 11.5 Å². The second kappa shape index (κ2) is 5.36. The average molecular weight is 284 g/mol. The van der Waals surface area contributed by atoms with Gasteiger partial charge in [-0.05, 0) is 42.8 Å². The van der Waals surface area contributed by atoms with Crippen LogP contribution in [-0.4, -0.2) is 19.1 Å². The average Bonchev–Trinajstić information content (AvgIpc) is 2.50. The lowest BCUT2D eigenvalue weighted by Crippen LogP contribution is -2.16. The Bertz CT molecular complexity index is 698. The van der Waals surface area contributed by atoms with Crippen molar-refractivity contribution in [2.75, 3.05) is 24.3 Å². The van der Waals surface area contributed by atoms with Gasteiger partial charge in [0.2, 0.25) is 0 Å². The number of nitrogen functional groups attached to an aromatic ring is 1. The van der Waals surface area contributed by atoms with Gasteiger partial charge in [0.1, 0.15) is 13.2 Å². The van der Waals surface area contributed by atoms with Crippen molar-refractivity contribution < 1.29 is 14.3 Å². The largest absolute Gasteiger partial charge is 0.486 e. The molecule has 5 heteroatoms. The Balaban J connectivity index is 1.79. The standard InChI is InChI=1S/C16H16N2O3/c1-10-8-11(2-4-13(10)17)16(19)18-12-3-5-14-15(9-12)21-7-6-20-14/h2-5,8-9H,6-7,17H2,1H3,(H,18,19). The van der Waals surface area contributed by atoms with Gasteiger partial charge in [0.05, 0.1) is 0 Å². The fourth-order valence-corrected chi connectivity index (χ4v) is 2.14. The summed E-state index contributed by atoms with van der Waals surface area (Å²) in [5, 5.41) is 2.84. The molecule has 1 aliphatic heterocycles. The summed E-state index contributed by atoms with van der Waals surface area (Å²) in [5.74, 6) is 1.16. The molecule has 3 N–H and O–H groups in total. The molecule has 0 fully saturated rings. The van der Waals surface area contributed by atoms with Crippen molar-refractivity contribution in [2.24, 2.45) is 0 Å². The Morgan fingerprint density at radius 3 is 2.62 bits per heavy atom. The monoisotopic (exact) mass is 284 g/mol. The van der Waals surface area contributed by atoms with E-state index < -0.39 is 0 Å². The minimum Gasteiger partial charge on any atom is -0.486 e. The van der Waals surface area contributed by atoms with E-state index in [1.165, 1.54) is 0 Å². The quantitative estimate of drug-likeness (QED) is 0.831. The van der Waals surface area contributed by atoms with Gasteiger partial charge in [0.25, 0.3) is 5.91 Å². The number of nitrogens with two attached hydrogens (primary N) is 1. The fourth-order valence-electron chi connectivity index (χ4n) is 2.14. The number of aryl methyl sites for hydroxylation is 1. The van der Waals surface area contributed by atoms with Crippen molar-refractivity contribution in [2.45, 2.75) is 6.92 Å². The summed E-state index contributed by atoms with van der Waals surface area (Å²) in [7, 11) is 0. The predicted molar refractivity (Wildman–Crippen MR) is 81.0 cm³/mol. The Labute approximate surface area is 122 Å². The predicted octanol–water partition coefficient (Wildman–Crippen LogP) is 2.60. The minimum absolute atomic E-state index is 0.185. The molecule has 3 rings (SSSR count). The number of rotatable bonds is 2. The first-order valence-electron chi connectivity index (χ1n) is 6.70. The Kier molecular flexibility index (Phi) is 3.39. The highest BCUT2D eigenvalue weighted by Gasteiger charge is 2.13. The molecule has 1 heterocycles. The molecule has 0 saturated heterocycles.